The van der Waals surface area contributed by atoms with Crippen LogP contribution >= 0.6 is 0 Å². The summed E-state index contributed by atoms with van der Waals surface area (Å²) in [5, 5.41) is 15.0. The molecular weight excluding hydrogens is 410 g/mol. The van der Waals surface area contributed by atoms with E-state index >= 15 is 0 Å². The average Bonchev–Trinajstić information content (AvgIpc) is 2.73. The fourth-order valence-electron chi connectivity index (χ4n) is 3.75. The van der Waals surface area contributed by atoms with Crippen molar-refractivity contribution in [1.29, 1.82) is 5.26 Å². The number of hydrogen-bond donors (Lipinski definition) is 1. The van der Waals surface area contributed by atoms with Gasteiger partial charge in [0.05, 0.1) is 5.60 Å². The van der Waals surface area contributed by atoms with Crippen molar-refractivity contribution in [2.24, 2.45) is 0 Å². The number of rotatable bonds is 9. The zero-order valence-electron chi connectivity index (χ0n) is 21.5. The second-order valence-electron chi connectivity index (χ2n) is 10.1. The fourth-order valence-corrected chi connectivity index (χ4v) is 3.75. The predicted molar refractivity (Wildman–Crippen MR) is 138 cm³/mol. The molecule has 2 aromatic rings. The number of carbonyl (C=O) groups is 1. The number of fused-ring (bicyclic) bond motifs is 1. The Morgan fingerprint density at radius 3 is 2.21 bits per heavy atom. The van der Waals surface area contributed by atoms with Gasteiger partial charge in [-0.05, 0) is 102 Å². The first-order valence-electron chi connectivity index (χ1n) is 11.8. The lowest BCUT2D eigenvalue weighted by atomic mass is 9.96. The molecule has 0 fully saturated rings. The molecule has 0 unspecified atom stereocenters. The van der Waals surface area contributed by atoms with Crippen molar-refractivity contribution in [3.8, 4) is 6.07 Å². The number of hydrogen-bond acceptors (Lipinski definition) is 4. The number of anilines is 1. The largest absolute Gasteiger partial charge is 0.376 e. The van der Waals surface area contributed by atoms with E-state index in [0.29, 0.717) is 18.6 Å². The Balaban J connectivity index is 2.25. The minimum Gasteiger partial charge on any atom is -0.376 e. The minimum absolute atomic E-state index is 0.138. The number of ether oxygens (including phenoxy) is 1. The maximum Gasteiger partial charge on any atom is 0.262 e. The molecule has 2 rings (SSSR count). The number of amides is 1. The van der Waals surface area contributed by atoms with E-state index in [2.05, 4.69) is 54.4 Å². The van der Waals surface area contributed by atoms with Crippen LogP contribution in [0.15, 0.2) is 42.0 Å². The Labute approximate surface area is 199 Å². The molecule has 0 radical (unpaired) electrons. The lowest BCUT2D eigenvalue weighted by Gasteiger charge is -2.28. The van der Waals surface area contributed by atoms with Gasteiger partial charge in [-0.3, -0.25) is 4.79 Å². The molecule has 0 atom stereocenters. The number of nitriles is 1. The summed E-state index contributed by atoms with van der Waals surface area (Å²) in [6.07, 6.45) is 0.651. The molecular formula is C28H39N3O2. The summed E-state index contributed by atoms with van der Waals surface area (Å²) < 4.78 is 5.80. The van der Waals surface area contributed by atoms with Crippen LogP contribution in [-0.2, 0) is 9.53 Å². The van der Waals surface area contributed by atoms with Crippen molar-refractivity contribution in [2.75, 3.05) is 24.6 Å². The molecule has 0 aliphatic carbocycles. The maximum absolute atomic E-state index is 13.0. The topological polar surface area (TPSA) is 65.4 Å². The van der Waals surface area contributed by atoms with Gasteiger partial charge in [0, 0.05) is 30.9 Å². The van der Waals surface area contributed by atoms with E-state index in [1.54, 1.807) is 0 Å². The first kappa shape index (κ1) is 26.4. The normalized spacial score (nSPS) is 12.8. The van der Waals surface area contributed by atoms with E-state index in [1.165, 1.54) is 5.69 Å². The van der Waals surface area contributed by atoms with Crippen LogP contribution in [0, 0.1) is 11.3 Å². The number of benzene rings is 2. The number of allylic oxidation sites excluding steroid dienone is 1. The third kappa shape index (κ3) is 7.33. The lowest BCUT2D eigenvalue weighted by molar-refractivity contribution is -0.118. The Hall–Kier alpha value is -2.84. The second-order valence-corrected chi connectivity index (χ2v) is 10.1. The highest BCUT2D eigenvalue weighted by Crippen LogP contribution is 2.27. The first-order valence-corrected chi connectivity index (χ1v) is 11.8. The van der Waals surface area contributed by atoms with Crippen molar-refractivity contribution in [3.05, 3.63) is 47.5 Å². The third-order valence-electron chi connectivity index (χ3n) is 5.81. The Morgan fingerprint density at radius 2 is 1.64 bits per heavy atom. The zero-order valence-corrected chi connectivity index (χ0v) is 21.5. The van der Waals surface area contributed by atoms with E-state index in [9.17, 15) is 10.1 Å². The highest BCUT2D eigenvalue weighted by Gasteiger charge is 2.24. The van der Waals surface area contributed by atoms with Crippen LogP contribution in [-0.4, -0.2) is 36.7 Å². The SMILES string of the molecule is CCN(CC)c1ccc2cc(C(C)=C(C#N)C(=O)NC(C)(C)CCOC(C)(C)C)ccc2c1. The molecule has 0 heterocycles. The summed E-state index contributed by atoms with van der Waals surface area (Å²) in [6.45, 7) is 18.5. The van der Waals surface area contributed by atoms with Gasteiger partial charge in [-0.2, -0.15) is 5.26 Å². The number of nitrogens with zero attached hydrogens (tertiary/aromatic N) is 2. The van der Waals surface area contributed by atoms with E-state index < -0.39 is 5.54 Å². The van der Waals surface area contributed by atoms with Crippen molar-refractivity contribution in [3.63, 3.8) is 0 Å². The summed E-state index contributed by atoms with van der Waals surface area (Å²) in [5.41, 5.74) is 2.16. The second kappa shape index (κ2) is 10.9. The summed E-state index contributed by atoms with van der Waals surface area (Å²) in [4.78, 5) is 15.3. The molecule has 5 nitrogen and oxygen atoms in total. The van der Waals surface area contributed by atoms with E-state index in [4.69, 9.17) is 4.74 Å². The molecule has 0 bridgehead atoms. The molecule has 33 heavy (non-hydrogen) atoms. The molecule has 0 saturated carbocycles. The van der Waals surface area contributed by atoms with Gasteiger partial charge in [0.2, 0.25) is 0 Å². The zero-order chi connectivity index (χ0) is 24.8. The quantitative estimate of drug-likeness (QED) is 0.372. The van der Waals surface area contributed by atoms with Gasteiger partial charge in [0.25, 0.3) is 5.91 Å². The highest BCUT2D eigenvalue weighted by atomic mass is 16.5. The van der Waals surface area contributed by atoms with Gasteiger partial charge in [-0.15, -0.1) is 0 Å². The molecule has 0 aliphatic rings. The lowest BCUT2D eigenvalue weighted by Crippen LogP contribution is -2.45. The molecule has 0 saturated heterocycles. The fraction of sp³-hybridized carbons (Fsp3) is 0.500. The molecule has 0 aromatic heterocycles. The van der Waals surface area contributed by atoms with Crippen molar-refractivity contribution >= 4 is 27.9 Å². The van der Waals surface area contributed by atoms with Gasteiger partial charge in [0.1, 0.15) is 11.6 Å². The van der Waals surface area contributed by atoms with Gasteiger partial charge in [0.15, 0.2) is 0 Å². The van der Waals surface area contributed by atoms with Gasteiger partial charge >= 0.3 is 0 Å². The Morgan fingerprint density at radius 1 is 1.03 bits per heavy atom. The highest BCUT2D eigenvalue weighted by molar-refractivity contribution is 6.05. The van der Waals surface area contributed by atoms with Crippen LogP contribution in [0.3, 0.4) is 0 Å². The van der Waals surface area contributed by atoms with Crippen molar-refractivity contribution in [2.45, 2.75) is 73.0 Å². The molecule has 2 aromatic carbocycles. The molecule has 1 amide bonds. The van der Waals surface area contributed by atoms with Crippen molar-refractivity contribution in [1.82, 2.24) is 5.32 Å². The van der Waals surface area contributed by atoms with E-state index in [0.717, 1.165) is 29.4 Å². The first-order chi connectivity index (χ1) is 15.4. The summed E-state index contributed by atoms with van der Waals surface area (Å²) in [6, 6.07) is 14.6. The van der Waals surface area contributed by atoms with Crippen LogP contribution in [0.25, 0.3) is 16.3 Å². The third-order valence-corrected chi connectivity index (χ3v) is 5.81. The molecule has 0 spiro atoms. The molecule has 5 heteroatoms. The van der Waals surface area contributed by atoms with Crippen LogP contribution in [0.4, 0.5) is 5.69 Å². The molecule has 1 N–H and O–H groups in total. The molecule has 178 valence electrons. The minimum atomic E-state index is -0.491. The monoisotopic (exact) mass is 449 g/mol. The number of nitrogens with one attached hydrogen (secondary N) is 1. The summed E-state index contributed by atoms with van der Waals surface area (Å²) >= 11 is 0. The van der Waals surface area contributed by atoms with Gasteiger partial charge in [-0.25, -0.2) is 0 Å². The Kier molecular flexibility index (Phi) is 8.69. The average molecular weight is 450 g/mol. The number of carbonyl (C=O) groups excluding carboxylic acids is 1. The van der Waals surface area contributed by atoms with Crippen LogP contribution in [0.5, 0.6) is 0 Å². The van der Waals surface area contributed by atoms with Crippen LogP contribution in [0.1, 0.15) is 67.4 Å². The smallest absolute Gasteiger partial charge is 0.262 e. The summed E-state index contributed by atoms with van der Waals surface area (Å²) in [7, 11) is 0. The van der Waals surface area contributed by atoms with Crippen LogP contribution < -0.4 is 10.2 Å². The van der Waals surface area contributed by atoms with E-state index in [1.807, 2.05) is 53.7 Å². The Bertz CT molecular complexity index is 1050. The predicted octanol–water partition coefficient (Wildman–Crippen LogP) is 6.08. The standard InChI is InChI=1S/C28H39N3O2/c1-9-31(10-2)24-14-13-22-17-21(11-12-23(22)18-24)20(3)25(19-29)26(32)30-28(7,8)15-16-33-27(4,5)6/h11-14,17-18H,9-10,15-16H2,1-8H3,(H,30,32). The van der Waals surface area contributed by atoms with Gasteiger partial charge in [-0.1, -0.05) is 18.2 Å². The van der Waals surface area contributed by atoms with E-state index in [-0.39, 0.29) is 17.1 Å². The van der Waals surface area contributed by atoms with Crippen LogP contribution in [0.2, 0.25) is 0 Å². The van der Waals surface area contributed by atoms with Crippen molar-refractivity contribution < 1.29 is 9.53 Å². The summed E-state index contributed by atoms with van der Waals surface area (Å²) in [5.74, 6) is -0.354. The van der Waals surface area contributed by atoms with Gasteiger partial charge < -0.3 is 15.0 Å². The molecule has 0 aliphatic heterocycles. The maximum atomic E-state index is 13.0.